The number of hydrogen-bond acceptors (Lipinski definition) is 5. The summed E-state index contributed by atoms with van der Waals surface area (Å²) in [5.41, 5.74) is 2.29. The van der Waals surface area contributed by atoms with Crippen LogP contribution in [0, 0.1) is 13.8 Å². The van der Waals surface area contributed by atoms with E-state index < -0.39 is 15.9 Å². The van der Waals surface area contributed by atoms with Crippen molar-refractivity contribution >= 4 is 27.5 Å². The van der Waals surface area contributed by atoms with E-state index in [9.17, 15) is 18.0 Å². The summed E-state index contributed by atoms with van der Waals surface area (Å²) in [5, 5.41) is 2.62. The molecule has 2 N–H and O–H groups in total. The van der Waals surface area contributed by atoms with Gasteiger partial charge < -0.3 is 10.1 Å². The topological polar surface area (TPSA) is 102 Å². The Kier molecular flexibility index (Phi) is 5.99. The normalized spacial score (nSPS) is 10.9. The van der Waals surface area contributed by atoms with Gasteiger partial charge in [0.2, 0.25) is 5.91 Å². The van der Waals surface area contributed by atoms with Crippen molar-refractivity contribution in [3.05, 3.63) is 53.6 Å². The maximum Gasteiger partial charge on any atom is 0.264 e. The molecule has 0 spiro atoms. The third kappa shape index (κ3) is 5.06. The van der Waals surface area contributed by atoms with Gasteiger partial charge >= 0.3 is 0 Å². The van der Waals surface area contributed by atoms with Gasteiger partial charge in [0.25, 0.3) is 15.9 Å². The van der Waals surface area contributed by atoms with Crippen molar-refractivity contribution in [2.75, 3.05) is 11.9 Å². The van der Waals surface area contributed by atoms with E-state index in [0.717, 1.165) is 18.1 Å². The van der Waals surface area contributed by atoms with Crippen molar-refractivity contribution in [3.8, 4) is 5.75 Å². The largest absolute Gasteiger partial charge is 0.483 e. The summed E-state index contributed by atoms with van der Waals surface area (Å²) in [4.78, 5) is 22.9. The first-order valence-electron chi connectivity index (χ1n) is 7.81. The van der Waals surface area contributed by atoms with E-state index in [0.29, 0.717) is 11.4 Å². The van der Waals surface area contributed by atoms with Gasteiger partial charge in [-0.15, -0.1) is 0 Å². The quantitative estimate of drug-likeness (QED) is 0.804. The highest BCUT2D eigenvalue weighted by Crippen LogP contribution is 2.22. The molecule has 0 saturated carbocycles. The minimum atomic E-state index is -3.90. The van der Waals surface area contributed by atoms with E-state index in [-0.39, 0.29) is 17.4 Å². The standard InChI is InChI=1S/C18H20N2O5S/c1-12-5-4-6-13(2)18(12)25-11-17(22)19-15-7-9-16(10-8-15)26(23,24)20-14(3)21/h4-10H,11H2,1-3H3,(H,19,22)(H,20,21). The van der Waals surface area contributed by atoms with Crippen LogP contribution >= 0.6 is 0 Å². The van der Waals surface area contributed by atoms with E-state index in [1.165, 1.54) is 24.3 Å². The van der Waals surface area contributed by atoms with Gasteiger partial charge in [0.15, 0.2) is 6.61 Å². The molecule has 0 aromatic heterocycles. The Morgan fingerprint density at radius 3 is 2.12 bits per heavy atom. The summed E-state index contributed by atoms with van der Waals surface area (Å²) in [7, 11) is -3.90. The number of anilines is 1. The van der Waals surface area contributed by atoms with E-state index >= 15 is 0 Å². The van der Waals surface area contributed by atoms with Gasteiger partial charge in [-0.25, -0.2) is 13.1 Å². The fraction of sp³-hybridized carbons (Fsp3) is 0.222. The second kappa shape index (κ2) is 8.01. The van der Waals surface area contributed by atoms with Crippen LogP contribution < -0.4 is 14.8 Å². The number of carbonyl (C=O) groups excluding carboxylic acids is 2. The first kappa shape index (κ1) is 19.5. The molecular formula is C18H20N2O5S. The van der Waals surface area contributed by atoms with Crippen LogP contribution in [0.25, 0.3) is 0 Å². The summed E-state index contributed by atoms with van der Waals surface area (Å²) in [5.74, 6) is -0.379. The smallest absolute Gasteiger partial charge is 0.264 e. The number of ether oxygens (including phenoxy) is 1. The molecule has 0 fully saturated rings. The second-order valence-electron chi connectivity index (χ2n) is 5.74. The molecule has 8 heteroatoms. The number of benzene rings is 2. The van der Waals surface area contributed by atoms with E-state index in [4.69, 9.17) is 4.74 Å². The predicted octanol–water partition coefficient (Wildman–Crippen LogP) is 2.15. The summed E-state index contributed by atoms with van der Waals surface area (Å²) in [6.07, 6.45) is 0. The van der Waals surface area contributed by atoms with Crippen molar-refractivity contribution in [1.82, 2.24) is 4.72 Å². The number of hydrogen-bond donors (Lipinski definition) is 2. The van der Waals surface area contributed by atoms with Crippen molar-refractivity contribution in [2.45, 2.75) is 25.7 Å². The molecule has 0 unspecified atom stereocenters. The molecule has 0 bridgehead atoms. The highest BCUT2D eigenvalue weighted by molar-refractivity contribution is 7.90. The molecule has 0 radical (unpaired) electrons. The Bertz CT molecular complexity index is 901. The maximum atomic E-state index is 12.0. The average Bonchev–Trinajstić information content (AvgIpc) is 2.53. The number of amides is 2. The van der Waals surface area contributed by atoms with Gasteiger partial charge in [-0.3, -0.25) is 9.59 Å². The number of aryl methyl sites for hydroxylation is 2. The Hall–Kier alpha value is -2.87. The van der Waals surface area contributed by atoms with Crippen LogP contribution in [0.1, 0.15) is 18.1 Å². The third-order valence-corrected chi connectivity index (χ3v) is 4.93. The molecule has 0 saturated heterocycles. The Morgan fingerprint density at radius 2 is 1.58 bits per heavy atom. The number of nitrogens with one attached hydrogen (secondary N) is 2. The van der Waals surface area contributed by atoms with Gasteiger partial charge in [0, 0.05) is 12.6 Å². The van der Waals surface area contributed by atoms with Gasteiger partial charge in [-0.1, -0.05) is 18.2 Å². The highest BCUT2D eigenvalue weighted by Gasteiger charge is 2.15. The summed E-state index contributed by atoms with van der Waals surface area (Å²) >= 11 is 0. The summed E-state index contributed by atoms with van der Waals surface area (Å²) < 4.78 is 31.2. The average molecular weight is 376 g/mol. The molecule has 138 valence electrons. The first-order valence-corrected chi connectivity index (χ1v) is 9.29. The van der Waals surface area contributed by atoms with Crippen molar-refractivity contribution in [3.63, 3.8) is 0 Å². The molecule has 0 atom stereocenters. The molecule has 0 aliphatic heterocycles. The molecule has 0 heterocycles. The van der Waals surface area contributed by atoms with Crippen molar-refractivity contribution < 1.29 is 22.7 Å². The molecule has 26 heavy (non-hydrogen) atoms. The van der Waals surface area contributed by atoms with Crippen LogP contribution in [0.4, 0.5) is 5.69 Å². The number of rotatable bonds is 6. The van der Waals surface area contributed by atoms with Crippen LogP contribution in [0.2, 0.25) is 0 Å². The fourth-order valence-electron chi connectivity index (χ4n) is 2.33. The van der Waals surface area contributed by atoms with Crippen LogP contribution in [-0.4, -0.2) is 26.8 Å². The lowest BCUT2D eigenvalue weighted by molar-refractivity contribution is -0.118. The zero-order valence-electron chi connectivity index (χ0n) is 14.7. The number of sulfonamides is 1. The van der Waals surface area contributed by atoms with Crippen LogP contribution in [-0.2, 0) is 19.6 Å². The van der Waals surface area contributed by atoms with E-state index in [1.807, 2.05) is 36.8 Å². The highest BCUT2D eigenvalue weighted by atomic mass is 32.2. The van der Waals surface area contributed by atoms with E-state index in [2.05, 4.69) is 5.32 Å². The SMILES string of the molecule is CC(=O)NS(=O)(=O)c1ccc(NC(=O)COc2c(C)cccc2C)cc1. The molecule has 2 amide bonds. The fourth-order valence-corrected chi connectivity index (χ4v) is 3.32. The summed E-state index contributed by atoms with van der Waals surface area (Å²) in [6.45, 7) is 4.74. The van der Waals surface area contributed by atoms with Crippen LogP contribution in [0.3, 0.4) is 0 Å². The molecule has 2 rings (SSSR count). The van der Waals surface area contributed by atoms with Gasteiger partial charge in [0.05, 0.1) is 4.90 Å². The Balaban J connectivity index is 1.98. The zero-order chi connectivity index (χ0) is 19.3. The Morgan fingerprint density at radius 1 is 1.00 bits per heavy atom. The molecule has 7 nitrogen and oxygen atoms in total. The Labute approximate surface area is 152 Å². The predicted molar refractivity (Wildman–Crippen MR) is 97.5 cm³/mol. The van der Waals surface area contributed by atoms with Gasteiger partial charge in [-0.05, 0) is 49.2 Å². The van der Waals surface area contributed by atoms with E-state index in [1.54, 1.807) is 0 Å². The molecule has 0 aliphatic carbocycles. The van der Waals surface area contributed by atoms with Crippen LogP contribution in [0.5, 0.6) is 5.75 Å². The lowest BCUT2D eigenvalue weighted by Gasteiger charge is -2.12. The summed E-state index contributed by atoms with van der Waals surface area (Å²) in [6, 6.07) is 11.2. The molecule has 2 aromatic carbocycles. The minimum absolute atomic E-state index is 0.0718. The van der Waals surface area contributed by atoms with Gasteiger partial charge in [-0.2, -0.15) is 0 Å². The maximum absolute atomic E-state index is 12.0. The monoisotopic (exact) mass is 376 g/mol. The minimum Gasteiger partial charge on any atom is -0.483 e. The van der Waals surface area contributed by atoms with Crippen molar-refractivity contribution in [2.24, 2.45) is 0 Å². The first-order chi connectivity index (χ1) is 12.2. The second-order valence-corrected chi connectivity index (χ2v) is 7.43. The van der Waals surface area contributed by atoms with Crippen molar-refractivity contribution in [1.29, 1.82) is 0 Å². The lowest BCUT2D eigenvalue weighted by atomic mass is 10.1. The van der Waals surface area contributed by atoms with Crippen LogP contribution in [0.15, 0.2) is 47.4 Å². The third-order valence-electron chi connectivity index (χ3n) is 3.48. The lowest BCUT2D eigenvalue weighted by Crippen LogP contribution is -2.28. The van der Waals surface area contributed by atoms with Gasteiger partial charge in [0.1, 0.15) is 5.75 Å². The molecule has 0 aliphatic rings. The molecular weight excluding hydrogens is 356 g/mol. The zero-order valence-corrected chi connectivity index (χ0v) is 15.5. The number of para-hydroxylation sites is 1. The molecule has 2 aromatic rings. The number of carbonyl (C=O) groups is 2.